The molecule has 0 aliphatic carbocycles. The second-order valence-electron chi connectivity index (χ2n) is 8.74. The standard InChI is InChI=1S/C24H38N6O.HI/c1-6-25-24(27-16-22(18(2)3)30-13-11-29(5)12-14-30)26-15-21-17-31-23(28-21)20-9-7-19(4)8-10-20;/h7-10,17-18,22H,6,11-16H2,1-5H3,(H2,25,26,27);1H. The van der Waals surface area contributed by atoms with Crippen molar-refractivity contribution in [3.63, 3.8) is 0 Å². The maximum Gasteiger partial charge on any atom is 0.226 e. The molecule has 1 unspecified atom stereocenters. The van der Waals surface area contributed by atoms with Crippen LogP contribution < -0.4 is 10.6 Å². The van der Waals surface area contributed by atoms with E-state index in [9.17, 15) is 0 Å². The van der Waals surface area contributed by atoms with Gasteiger partial charge < -0.3 is 20.0 Å². The average Bonchev–Trinajstić information content (AvgIpc) is 3.22. The molecule has 7 nitrogen and oxygen atoms in total. The summed E-state index contributed by atoms with van der Waals surface area (Å²) >= 11 is 0. The van der Waals surface area contributed by atoms with E-state index in [1.807, 2.05) is 12.1 Å². The molecule has 1 saturated heterocycles. The maximum absolute atomic E-state index is 5.67. The molecule has 2 heterocycles. The molecule has 2 aromatic rings. The van der Waals surface area contributed by atoms with Crippen LogP contribution in [0, 0.1) is 12.8 Å². The highest BCUT2D eigenvalue weighted by molar-refractivity contribution is 14.0. The Morgan fingerprint density at radius 3 is 2.44 bits per heavy atom. The van der Waals surface area contributed by atoms with E-state index in [1.54, 1.807) is 6.26 Å². The van der Waals surface area contributed by atoms with Crippen LogP contribution >= 0.6 is 24.0 Å². The lowest BCUT2D eigenvalue weighted by molar-refractivity contribution is 0.0900. The van der Waals surface area contributed by atoms with Gasteiger partial charge >= 0.3 is 0 Å². The SMILES string of the molecule is CCNC(=NCc1coc(-c2ccc(C)cc2)n1)NCC(C(C)C)N1CCN(C)CC1.I. The van der Waals surface area contributed by atoms with Gasteiger partial charge in [0, 0.05) is 50.9 Å². The van der Waals surface area contributed by atoms with Gasteiger partial charge in [0.25, 0.3) is 0 Å². The number of likely N-dealkylation sites (N-methyl/N-ethyl adjacent to an activating group) is 1. The molecule has 8 heteroatoms. The highest BCUT2D eigenvalue weighted by Gasteiger charge is 2.25. The van der Waals surface area contributed by atoms with Crippen LogP contribution in [0.25, 0.3) is 11.5 Å². The molecule has 0 spiro atoms. The minimum absolute atomic E-state index is 0. The second-order valence-corrected chi connectivity index (χ2v) is 8.74. The van der Waals surface area contributed by atoms with E-state index in [4.69, 9.17) is 9.41 Å². The van der Waals surface area contributed by atoms with Gasteiger partial charge in [0.2, 0.25) is 5.89 Å². The van der Waals surface area contributed by atoms with Gasteiger partial charge in [-0.25, -0.2) is 9.98 Å². The van der Waals surface area contributed by atoms with E-state index in [-0.39, 0.29) is 24.0 Å². The van der Waals surface area contributed by atoms with Crippen LogP contribution in [0.15, 0.2) is 39.9 Å². The molecule has 0 amide bonds. The summed E-state index contributed by atoms with van der Waals surface area (Å²) < 4.78 is 5.67. The average molecular weight is 555 g/mol. The Bertz CT molecular complexity index is 827. The van der Waals surface area contributed by atoms with Crippen molar-refractivity contribution < 1.29 is 4.42 Å². The highest BCUT2D eigenvalue weighted by atomic mass is 127. The number of guanidine groups is 1. The summed E-state index contributed by atoms with van der Waals surface area (Å²) in [6, 6.07) is 8.68. The van der Waals surface area contributed by atoms with Crippen LogP contribution in [-0.4, -0.2) is 73.1 Å². The number of oxazole rings is 1. The first kappa shape index (κ1) is 26.6. The Balaban J connectivity index is 0.00000363. The van der Waals surface area contributed by atoms with Crippen LogP contribution in [-0.2, 0) is 6.54 Å². The third kappa shape index (κ3) is 7.74. The molecule has 2 N–H and O–H groups in total. The van der Waals surface area contributed by atoms with Gasteiger partial charge in [-0.3, -0.25) is 4.90 Å². The second kappa shape index (κ2) is 13.2. The van der Waals surface area contributed by atoms with Crippen molar-refractivity contribution in [1.82, 2.24) is 25.4 Å². The van der Waals surface area contributed by atoms with E-state index < -0.39 is 0 Å². The van der Waals surface area contributed by atoms with E-state index >= 15 is 0 Å². The molecule has 1 fully saturated rings. The number of hydrogen-bond acceptors (Lipinski definition) is 5. The molecule has 178 valence electrons. The van der Waals surface area contributed by atoms with Crippen LogP contribution in [0.3, 0.4) is 0 Å². The highest BCUT2D eigenvalue weighted by Crippen LogP contribution is 2.19. The third-order valence-electron chi connectivity index (χ3n) is 5.85. The molecule has 1 aliphatic heterocycles. The van der Waals surface area contributed by atoms with Gasteiger partial charge in [-0.05, 0) is 38.9 Å². The molecule has 1 aromatic heterocycles. The molecule has 32 heavy (non-hydrogen) atoms. The number of aliphatic imine (C=N–C) groups is 1. The normalized spacial score (nSPS) is 16.6. The molecule has 1 aromatic carbocycles. The Morgan fingerprint density at radius 2 is 1.81 bits per heavy atom. The molecule has 1 atom stereocenters. The predicted octanol–water partition coefficient (Wildman–Crippen LogP) is 3.60. The summed E-state index contributed by atoms with van der Waals surface area (Å²) in [7, 11) is 2.20. The number of rotatable bonds is 8. The number of benzene rings is 1. The summed E-state index contributed by atoms with van der Waals surface area (Å²) in [4.78, 5) is 14.3. The Labute approximate surface area is 210 Å². The smallest absolute Gasteiger partial charge is 0.226 e. The number of aryl methyl sites for hydroxylation is 1. The lowest BCUT2D eigenvalue weighted by atomic mass is 10.0. The number of aromatic nitrogens is 1. The fraction of sp³-hybridized carbons (Fsp3) is 0.583. The number of nitrogens with zero attached hydrogens (tertiary/aromatic N) is 4. The van der Waals surface area contributed by atoms with Crippen molar-refractivity contribution in [2.75, 3.05) is 46.3 Å². The zero-order chi connectivity index (χ0) is 22.2. The molecule has 0 radical (unpaired) electrons. The zero-order valence-corrected chi connectivity index (χ0v) is 22.4. The summed E-state index contributed by atoms with van der Waals surface area (Å²) in [5, 5.41) is 6.91. The van der Waals surface area contributed by atoms with Gasteiger partial charge in [-0.15, -0.1) is 24.0 Å². The molecule has 0 saturated carbocycles. The number of piperazine rings is 1. The van der Waals surface area contributed by atoms with E-state index in [0.29, 0.717) is 24.4 Å². The van der Waals surface area contributed by atoms with E-state index in [2.05, 4.69) is 72.3 Å². The summed E-state index contributed by atoms with van der Waals surface area (Å²) in [6.07, 6.45) is 1.70. The van der Waals surface area contributed by atoms with Gasteiger partial charge in [-0.2, -0.15) is 0 Å². The Hall–Kier alpha value is -1.65. The van der Waals surface area contributed by atoms with E-state index in [0.717, 1.165) is 56.5 Å². The Kier molecular flexibility index (Phi) is 10.9. The van der Waals surface area contributed by atoms with Gasteiger partial charge in [0.15, 0.2) is 5.96 Å². The quantitative estimate of drug-likeness (QED) is 0.296. The summed E-state index contributed by atoms with van der Waals surface area (Å²) in [6.45, 7) is 15.4. The van der Waals surface area contributed by atoms with Crippen LogP contribution in [0.1, 0.15) is 32.0 Å². The van der Waals surface area contributed by atoms with Gasteiger partial charge in [0.1, 0.15) is 12.0 Å². The van der Waals surface area contributed by atoms with Gasteiger partial charge in [-0.1, -0.05) is 31.5 Å². The maximum atomic E-state index is 5.67. The number of halogens is 1. The molecule has 0 bridgehead atoms. The van der Waals surface area contributed by atoms with Crippen LogP contribution in [0.2, 0.25) is 0 Å². The summed E-state index contributed by atoms with van der Waals surface area (Å²) in [5.41, 5.74) is 3.03. The van der Waals surface area contributed by atoms with Crippen molar-refractivity contribution in [2.24, 2.45) is 10.9 Å². The van der Waals surface area contributed by atoms with E-state index in [1.165, 1.54) is 5.56 Å². The fourth-order valence-electron chi connectivity index (χ4n) is 3.85. The lowest BCUT2D eigenvalue weighted by Crippen LogP contribution is -2.55. The first-order valence-corrected chi connectivity index (χ1v) is 11.4. The minimum Gasteiger partial charge on any atom is -0.444 e. The molecule has 1 aliphatic rings. The number of hydrogen-bond donors (Lipinski definition) is 2. The van der Waals surface area contributed by atoms with Gasteiger partial charge in [0.05, 0.1) is 6.54 Å². The molecule has 3 rings (SSSR count). The van der Waals surface area contributed by atoms with Crippen molar-refractivity contribution in [1.29, 1.82) is 0 Å². The Morgan fingerprint density at radius 1 is 1.12 bits per heavy atom. The largest absolute Gasteiger partial charge is 0.444 e. The predicted molar refractivity (Wildman–Crippen MR) is 143 cm³/mol. The summed E-state index contributed by atoms with van der Waals surface area (Å²) in [5.74, 6) is 2.03. The zero-order valence-electron chi connectivity index (χ0n) is 20.1. The fourth-order valence-corrected chi connectivity index (χ4v) is 3.85. The van der Waals surface area contributed by atoms with Crippen molar-refractivity contribution in [3.8, 4) is 11.5 Å². The van der Waals surface area contributed by atoms with Crippen molar-refractivity contribution in [2.45, 2.75) is 40.3 Å². The molecular weight excluding hydrogens is 515 g/mol. The first-order valence-electron chi connectivity index (χ1n) is 11.4. The molecular formula is C24H39IN6O. The third-order valence-corrected chi connectivity index (χ3v) is 5.85. The van der Waals surface area contributed by atoms with Crippen molar-refractivity contribution in [3.05, 3.63) is 41.8 Å². The van der Waals surface area contributed by atoms with Crippen molar-refractivity contribution >= 4 is 29.9 Å². The minimum atomic E-state index is 0. The lowest BCUT2D eigenvalue weighted by Gasteiger charge is -2.40. The topological polar surface area (TPSA) is 68.9 Å². The number of nitrogens with one attached hydrogen (secondary N) is 2. The van der Waals surface area contributed by atoms with Crippen LogP contribution in [0.5, 0.6) is 0 Å². The van der Waals surface area contributed by atoms with Crippen LogP contribution in [0.4, 0.5) is 0 Å². The first-order chi connectivity index (χ1) is 15.0. The monoisotopic (exact) mass is 554 g/mol.